The van der Waals surface area contributed by atoms with Gasteiger partial charge in [-0.15, -0.1) is 0 Å². The van der Waals surface area contributed by atoms with Crippen molar-refractivity contribution in [2.45, 2.75) is 39.3 Å². The van der Waals surface area contributed by atoms with E-state index >= 15 is 0 Å². The summed E-state index contributed by atoms with van der Waals surface area (Å²) >= 11 is 0. The fourth-order valence-electron chi connectivity index (χ4n) is 3.48. The van der Waals surface area contributed by atoms with E-state index in [1.165, 1.54) is 0 Å². The fourth-order valence-corrected chi connectivity index (χ4v) is 3.48. The lowest BCUT2D eigenvalue weighted by molar-refractivity contribution is 0.0951. The molecule has 1 heterocycles. The van der Waals surface area contributed by atoms with Gasteiger partial charge in [0.25, 0.3) is 5.91 Å². The van der Waals surface area contributed by atoms with Crippen molar-refractivity contribution in [1.29, 1.82) is 5.26 Å². The maximum Gasteiger partial charge on any atom is 0.251 e. The zero-order chi connectivity index (χ0) is 20.5. The Morgan fingerprint density at radius 3 is 2.59 bits per heavy atom. The molecule has 2 aromatic carbocycles. The predicted octanol–water partition coefficient (Wildman–Crippen LogP) is 3.68. The van der Waals surface area contributed by atoms with E-state index in [0.717, 1.165) is 40.9 Å². The summed E-state index contributed by atoms with van der Waals surface area (Å²) in [5.74, 6) is -0.0512. The van der Waals surface area contributed by atoms with Gasteiger partial charge in [0, 0.05) is 22.9 Å². The number of phenols is 1. The number of carbonyl (C=O) groups excluding carboxylic acids is 1. The van der Waals surface area contributed by atoms with E-state index in [1.54, 1.807) is 12.1 Å². The summed E-state index contributed by atoms with van der Waals surface area (Å²) < 4.78 is 1.92. The number of hydrogen-bond donors (Lipinski definition) is 2. The summed E-state index contributed by atoms with van der Waals surface area (Å²) in [5, 5.41) is 26.7. The van der Waals surface area contributed by atoms with Crippen LogP contribution in [-0.2, 0) is 6.54 Å². The molecule has 6 heteroatoms. The molecule has 0 saturated heterocycles. The molecule has 29 heavy (non-hydrogen) atoms. The molecule has 0 unspecified atom stereocenters. The van der Waals surface area contributed by atoms with E-state index in [1.807, 2.05) is 54.9 Å². The van der Waals surface area contributed by atoms with E-state index in [4.69, 9.17) is 5.26 Å². The van der Waals surface area contributed by atoms with Crippen molar-refractivity contribution in [1.82, 2.24) is 15.1 Å². The highest BCUT2D eigenvalue weighted by Crippen LogP contribution is 2.31. The molecule has 3 aromatic rings. The summed E-state index contributed by atoms with van der Waals surface area (Å²) in [7, 11) is 0. The highest BCUT2D eigenvalue weighted by atomic mass is 16.3. The van der Waals surface area contributed by atoms with Crippen LogP contribution in [-0.4, -0.2) is 26.8 Å². The van der Waals surface area contributed by atoms with Gasteiger partial charge < -0.3 is 10.4 Å². The van der Waals surface area contributed by atoms with Crippen LogP contribution in [0.25, 0.3) is 11.1 Å². The zero-order valence-electron chi connectivity index (χ0n) is 16.4. The molecular weight excluding hydrogens is 364 g/mol. The Labute approximate surface area is 169 Å². The molecule has 1 saturated carbocycles. The quantitative estimate of drug-likeness (QED) is 0.700. The number of benzene rings is 2. The van der Waals surface area contributed by atoms with Crippen LogP contribution in [0.5, 0.6) is 5.75 Å². The van der Waals surface area contributed by atoms with E-state index in [9.17, 15) is 9.90 Å². The van der Waals surface area contributed by atoms with Crippen LogP contribution in [0.4, 0.5) is 0 Å². The number of amides is 1. The molecule has 1 fully saturated rings. The van der Waals surface area contributed by atoms with E-state index in [-0.39, 0.29) is 17.2 Å². The summed E-state index contributed by atoms with van der Waals surface area (Å²) in [6.07, 6.45) is 2.14. The Hall–Kier alpha value is -3.59. The number of hydrogen-bond acceptors (Lipinski definition) is 4. The maximum absolute atomic E-state index is 12.1. The highest BCUT2D eigenvalue weighted by Gasteiger charge is 2.23. The minimum Gasteiger partial charge on any atom is -0.507 e. The first-order valence-corrected chi connectivity index (χ1v) is 9.63. The van der Waals surface area contributed by atoms with Gasteiger partial charge in [-0.05, 0) is 62.1 Å². The van der Waals surface area contributed by atoms with E-state index < -0.39 is 0 Å². The van der Waals surface area contributed by atoms with Crippen LogP contribution >= 0.6 is 0 Å². The average Bonchev–Trinajstić information content (AvgIpc) is 3.47. The van der Waals surface area contributed by atoms with Crippen LogP contribution in [0, 0.1) is 25.2 Å². The Morgan fingerprint density at radius 1 is 1.24 bits per heavy atom. The van der Waals surface area contributed by atoms with E-state index in [0.29, 0.717) is 18.2 Å². The molecule has 1 aromatic heterocycles. The normalized spacial score (nSPS) is 13.1. The molecule has 1 aliphatic carbocycles. The molecule has 2 N–H and O–H groups in total. The highest BCUT2D eigenvalue weighted by molar-refractivity contribution is 5.94. The summed E-state index contributed by atoms with van der Waals surface area (Å²) in [6.45, 7) is 4.50. The third kappa shape index (κ3) is 3.85. The number of nitrogens with one attached hydrogen (secondary N) is 1. The first-order chi connectivity index (χ1) is 14.0. The number of aryl methyl sites for hydroxylation is 1. The number of aromatic nitrogens is 2. The molecule has 0 bridgehead atoms. The largest absolute Gasteiger partial charge is 0.507 e. The van der Waals surface area contributed by atoms with Gasteiger partial charge in [-0.25, -0.2) is 0 Å². The van der Waals surface area contributed by atoms with E-state index in [2.05, 4.69) is 10.4 Å². The van der Waals surface area contributed by atoms with Crippen molar-refractivity contribution in [3.05, 3.63) is 70.5 Å². The molecule has 1 aliphatic rings. The Bertz CT molecular complexity index is 1120. The van der Waals surface area contributed by atoms with Crippen LogP contribution in [0.3, 0.4) is 0 Å². The lowest BCUT2D eigenvalue weighted by Crippen LogP contribution is -2.25. The molecule has 1 amide bonds. The van der Waals surface area contributed by atoms with Crippen molar-refractivity contribution >= 4 is 5.91 Å². The molecule has 146 valence electrons. The van der Waals surface area contributed by atoms with Gasteiger partial charge >= 0.3 is 0 Å². The molecular formula is C23H22N4O2. The predicted molar refractivity (Wildman–Crippen MR) is 110 cm³/mol. The van der Waals surface area contributed by atoms with Crippen molar-refractivity contribution < 1.29 is 9.90 Å². The second kappa shape index (κ2) is 7.44. The molecule has 0 atom stereocenters. The van der Waals surface area contributed by atoms with Crippen LogP contribution in [0.1, 0.15) is 45.7 Å². The monoisotopic (exact) mass is 386 g/mol. The zero-order valence-corrected chi connectivity index (χ0v) is 16.4. The summed E-state index contributed by atoms with van der Waals surface area (Å²) in [6, 6.07) is 15.0. The SMILES string of the molecule is Cc1nn(Cc2ccc(C(=O)NC3CC3)cc2)c(C)c1-c1ccc(C#N)c(O)c1. The molecule has 0 radical (unpaired) electrons. The van der Waals surface area contributed by atoms with Crippen molar-refractivity contribution in [3.8, 4) is 22.9 Å². The second-order valence-electron chi connectivity index (χ2n) is 7.49. The number of phenolic OH excluding ortho intramolecular Hbond substituents is 1. The van der Waals surface area contributed by atoms with Gasteiger partial charge in [-0.1, -0.05) is 18.2 Å². The lowest BCUT2D eigenvalue weighted by atomic mass is 10.0. The number of carbonyl (C=O) groups is 1. The summed E-state index contributed by atoms with van der Waals surface area (Å²) in [4.78, 5) is 12.1. The van der Waals surface area contributed by atoms with Gasteiger partial charge in [0.1, 0.15) is 11.8 Å². The number of nitrogens with zero attached hydrogens (tertiary/aromatic N) is 3. The van der Waals surface area contributed by atoms with Crippen LogP contribution in [0.15, 0.2) is 42.5 Å². The number of nitriles is 1. The third-order valence-electron chi connectivity index (χ3n) is 5.25. The van der Waals surface area contributed by atoms with Gasteiger partial charge in [-0.3, -0.25) is 9.48 Å². The Balaban J connectivity index is 1.55. The van der Waals surface area contributed by atoms with Gasteiger partial charge in [0.05, 0.1) is 17.8 Å². The molecule has 6 nitrogen and oxygen atoms in total. The Kier molecular flexibility index (Phi) is 4.81. The lowest BCUT2D eigenvalue weighted by Gasteiger charge is -2.08. The van der Waals surface area contributed by atoms with Crippen molar-refractivity contribution in [3.63, 3.8) is 0 Å². The van der Waals surface area contributed by atoms with Gasteiger partial charge in [0.15, 0.2) is 0 Å². The minimum absolute atomic E-state index is 0.0203. The molecule has 0 aliphatic heterocycles. The van der Waals surface area contributed by atoms with Crippen molar-refractivity contribution in [2.75, 3.05) is 0 Å². The first-order valence-electron chi connectivity index (χ1n) is 9.63. The third-order valence-corrected chi connectivity index (χ3v) is 5.25. The number of aromatic hydroxyl groups is 1. The van der Waals surface area contributed by atoms with Crippen molar-refractivity contribution in [2.24, 2.45) is 0 Å². The minimum atomic E-state index is -0.0309. The van der Waals surface area contributed by atoms with Gasteiger partial charge in [-0.2, -0.15) is 10.4 Å². The van der Waals surface area contributed by atoms with Crippen LogP contribution < -0.4 is 5.32 Å². The fraction of sp³-hybridized carbons (Fsp3) is 0.261. The standard InChI is InChI=1S/C23H22N4O2/c1-14-22(18-7-8-19(12-24)21(28)11-18)15(2)27(26-14)13-16-3-5-17(6-4-16)23(29)25-20-9-10-20/h3-8,11,20,28H,9-10,13H2,1-2H3,(H,25,29). The topological polar surface area (TPSA) is 90.9 Å². The molecule has 0 spiro atoms. The van der Waals surface area contributed by atoms with Gasteiger partial charge in [0.2, 0.25) is 0 Å². The second-order valence-corrected chi connectivity index (χ2v) is 7.49. The summed E-state index contributed by atoms with van der Waals surface area (Å²) in [5.41, 5.74) is 5.58. The maximum atomic E-state index is 12.1. The average molecular weight is 386 g/mol. The van der Waals surface area contributed by atoms with Crippen LogP contribution in [0.2, 0.25) is 0 Å². The number of rotatable bonds is 5. The smallest absolute Gasteiger partial charge is 0.251 e. The first kappa shape index (κ1) is 18.8. The molecule has 4 rings (SSSR count). The Morgan fingerprint density at radius 2 is 1.97 bits per heavy atom.